The van der Waals surface area contributed by atoms with E-state index < -0.39 is 0 Å². The van der Waals surface area contributed by atoms with E-state index >= 15 is 0 Å². The molecule has 1 aliphatic rings. The Balaban J connectivity index is 1.32. The highest BCUT2D eigenvalue weighted by atomic mass is 16.2. The number of nitrogens with zero attached hydrogens (tertiary/aromatic N) is 4. The van der Waals surface area contributed by atoms with Gasteiger partial charge in [-0.2, -0.15) is 5.10 Å². The lowest BCUT2D eigenvalue weighted by molar-refractivity contribution is 0.0664. The molecule has 3 aromatic rings. The highest BCUT2D eigenvalue weighted by Crippen LogP contribution is 2.13. The third kappa shape index (κ3) is 4.49. The fourth-order valence-electron chi connectivity index (χ4n) is 3.25. The number of hydrogen-bond donors (Lipinski definition) is 2. The molecule has 2 heterocycles. The van der Waals surface area contributed by atoms with Gasteiger partial charge < -0.3 is 9.80 Å². The number of hydrazine groups is 1. The summed E-state index contributed by atoms with van der Waals surface area (Å²) in [5.41, 5.74) is 8.18. The molecule has 154 valence electrons. The van der Waals surface area contributed by atoms with Gasteiger partial charge in [0.1, 0.15) is 0 Å². The maximum Gasteiger partial charge on any atom is 0.272 e. The predicted octanol–water partition coefficient (Wildman–Crippen LogP) is 2.02. The third-order valence-corrected chi connectivity index (χ3v) is 5.11. The third-order valence-electron chi connectivity index (χ3n) is 5.11. The number of para-hydroxylation sites is 1. The SMILES string of the molecule is CN1CCN(C(=O)c2ccc(NNC(=O)c3cnn(-c4ccccc4)c3)cc2)CC1. The lowest BCUT2D eigenvalue weighted by atomic mass is 10.1. The first-order valence-corrected chi connectivity index (χ1v) is 9.84. The molecular weight excluding hydrogens is 380 g/mol. The number of hydrogen-bond acceptors (Lipinski definition) is 5. The first-order valence-electron chi connectivity index (χ1n) is 9.84. The van der Waals surface area contributed by atoms with Gasteiger partial charge >= 0.3 is 0 Å². The molecule has 0 radical (unpaired) electrons. The van der Waals surface area contributed by atoms with Crippen molar-refractivity contribution in [1.82, 2.24) is 25.0 Å². The molecule has 2 aromatic carbocycles. The monoisotopic (exact) mass is 404 g/mol. The van der Waals surface area contributed by atoms with Crippen LogP contribution in [-0.2, 0) is 0 Å². The van der Waals surface area contributed by atoms with Crippen LogP contribution < -0.4 is 10.9 Å². The highest BCUT2D eigenvalue weighted by Gasteiger charge is 2.20. The van der Waals surface area contributed by atoms with E-state index in [0.29, 0.717) is 16.8 Å². The van der Waals surface area contributed by atoms with E-state index in [0.717, 1.165) is 31.9 Å². The minimum Gasteiger partial charge on any atom is -0.336 e. The minimum absolute atomic E-state index is 0.0343. The molecule has 0 saturated carbocycles. The van der Waals surface area contributed by atoms with Gasteiger partial charge in [0.25, 0.3) is 11.8 Å². The van der Waals surface area contributed by atoms with Crippen LogP contribution in [0.5, 0.6) is 0 Å². The van der Waals surface area contributed by atoms with Crippen molar-refractivity contribution in [3.8, 4) is 5.69 Å². The Hall–Kier alpha value is -3.65. The van der Waals surface area contributed by atoms with E-state index in [-0.39, 0.29) is 11.8 Å². The Bertz CT molecular complexity index is 1010. The van der Waals surface area contributed by atoms with Crippen molar-refractivity contribution in [3.05, 3.63) is 78.1 Å². The van der Waals surface area contributed by atoms with Crippen LogP contribution in [0.3, 0.4) is 0 Å². The van der Waals surface area contributed by atoms with Gasteiger partial charge in [0.2, 0.25) is 0 Å². The summed E-state index contributed by atoms with van der Waals surface area (Å²) in [6.45, 7) is 3.25. The van der Waals surface area contributed by atoms with Crippen LogP contribution >= 0.6 is 0 Å². The zero-order valence-electron chi connectivity index (χ0n) is 16.8. The summed E-state index contributed by atoms with van der Waals surface area (Å²) in [6, 6.07) is 16.7. The minimum atomic E-state index is -0.297. The maximum atomic E-state index is 12.6. The molecule has 2 N–H and O–H groups in total. The topological polar surface area (TPSA) is 82.5 Å². The van der Waals surface area contributed by atoms with Crippen molar-refractivity contribution in [2.75, 3.05) is 38.7 Å². The number of aromatic nitrogens is 2. The zero-order valence-corrected chi connectivity index (χ0v) is 16.8. The molecule has 1 aromatic heterocycles. The summed E-state index contributed by atoms with van der Waals surface area (Å²) in [7, 11) is 2.06. The molecule has 1 fully saturated rings. The molecule has 4 rings (SSSR count). The summed E-state index contributed by atoms with van der Waals surface area (Å²) in [4.78, 5) is 29.1. The molecule has 0 unspecified atom stereocenters. The van der Waals surface area contributed by atoms with Crippen LogP contribution in [0.4, 0.5) is 5.69 Å². The van der Waals surface area contributed by atoms with Crippen LogP contribution in [0.15, 0.2) is 67.0 Å². The summed E-state index contributed by atoms with van der Waals surface area (Å²) >= 11 is 0. The second-order valence-corrected chi connectivity index (χ2v) is 7.26. The number of anilines is 1. The van der Waals surface area contributed by atoms with E-state index in [2.05, 4.69) is 27.9 Å². The van der Waals surface area contributed by atoms with Crippen molar-refractivity contribution in [2.24, 2.45) is 0 Å². The van der Waals surface area contributed by atoms with Crippen LogP contribution in [-0.4, -0.2) is 64.6 Å². The number of piperazine rings is 1. The molecule has 30 heavy (non-hydrogen) atoms. The van der Waals surface area contributed by atoms with Crippen molar-refractivity contribution in [2.45, 2.75) is 0 Å². The molecule has 8 heteroatoms. The quantitative estimate of drug-likeness (QED) is 0.636. The van der Waals surface area contributed by atoms with Crippen LogP contribution in [0.1, 0.15) is 20.7 Å². The summed E-state index contributed by atoms with van der Waals surface area (Å²) in [5.74, 6) is -0.262. The first kappa shape index (κ1) is 19.7. The molecule has 8 nitrogen and oxygen atoms in total. The van der Waals surface area contributed by atoms with Crippen molar-refractivity contribution < 1.29 is 9.59 Å². The number of carbonyl (C=O) groups is 2. The lowest BCUT2D eigenvalue weighted by Gasteiger charge is -2.32. The lowest BCUT2D eigenvalue weighted by Crippen LogP contribution is -2.47. The molecule has 0 atom stereocenters. The summed E-state index contributed by atoms with van der Waals surface area (Å²) in [6.07, 6.45) is 3.19. The van der Waals surface area contributed by atoms with Crippen LogP contribution in [0, 0.1) is 0 Å². The number of amides is 2. The highest BCUT2D eigenvalue weighted by molar-refractivity contribution is 5.95. The smallest absolute Gasteiger partial charge is 0.272 e. The van der Waals surface area contributed by atoms with Gasteiger partial charge in [0, 0.05) is 37.9 Å². The van der Waals surface area contributed by atoms with E-state index in [9.17, 15) is 9.59 Å². The van der Waals surface area contributed by atoms with Gasteiger partial charge in [0.15, 0.2) is 0 Å². The summed E-state index contributed by atoms with van der Waals surface area (Å²) in [5, 5.41) is 4.23. The Kier molecular flexibility index (Phi) is 5.76. The van der Waals surface area contributed by atoms with Gasteiger partial charge in [-0.15, -0.1) is 0 Å². The Labute approximate surface area is 175 Å². The van der Waals surface area contributed by atoms with Crippen molar-refractivity contribution in [1.29, 1.82) is 0 Å². The largest absolute Gasteiger partial charge is 0.336 e. The predicted molar refractivity (Wildman–Crippen MR) is 114 cm³/mol. The van der Waals surface area contributed by atoms with Gasteiger partial charge in [-0.25, -0.2) is 4.68 Å². The fourth-order valence-corrected chi connectivity index (χ4v) is 3.25. The normalized spacial score (nSPS) is 14.4. The number of carbonyl (C=O) groups excluding carboxylic acids is 2. The van der Waals surface area contributed by atoms with Crippen molar-refractivity contribution in [3.63, 3.8) is 0 Å². The van der Waals surface area contributed by atoms with E-state index in [4.69, 9.17) is 0 Å². The second kappa shape index (κ2) is 8.79. The van der Waals surface area contributed by atoms with Gasteiger partial charge in [-0.3, -0.25) is 20.4 Å². The number of benzene rings is 2. The van der Waals surface area contributed by atoms with Crippen LogP contribution in [0.2, 0.25) is 0 Å². The number of likely N-dealkylation sites (N-methyl/N-ethyl adjacent to an activating group) is 1. The van der Waals surface area contributed by atoms with E-state index in [1.807, 2.05) is 35.2 Å². The molecular formula is C22H24N6O2. The summed E-state index contributed by atoms with van der Waals surface area (Å²) < 4.78 is 1.65. The van der Waals surface area contributed by atoms with E-state index in [1.165, 1.54) is 6.20 Å². The maximum absolute atomic E-state index is 12.6. The molecule has 1 saturated heterocycles. The Morgan fingerprint density at radius 2 is 1.60 bits per heavy atom. The van der Waals surface area contributed by atoms with Gasteiger partial charge in [-0.1, -0.05) is 18.2 Å². The Morgan fingerprint density at radius 3 is 2.30 bits per heavy atom. The van der Waals surface area contributed by atoms with Crippen LogP contribution in [0.25, 0.3) is 5.69 Å². The van der Waals surface area contributed by atoms with E-state index in [1.54, 1.807) is 35.1 Å². The number of rotatable bonds is 5. The zero-order chi connectivity index (χ0) is 20.9. The molecule has 0 bridgehead atoms. The van der Waals surface area contributed by atoms with Gasteiger partial charge in [0.05, 0.1) is 23.1 Å². The average Bonchev–Trinajstić information content (AvgIpc) is 3.29. The van der Waals surface area contributed by atoms with Crippen molar-refractivity contribution >= 4 is 17.5 Å². The fraction of sp³-hybridized carbons (Fsp3) is 0.227. The molecule has 2 amide bonds. The number of nitrogens with one attached hydrogen (secondary N) is 2. The molecule has 0 spiro atoms. The first-order chi connectivity index (χ1) is 14.6. The Morgan fingerprint density at radius 1 is 0.900 bits per heavy atom. The average molecular weight is 404 g/mol. The standard InChI is InChI=1S/C22H24N6O2/c1-26-11-13-27(14-12-26)22(30)17-7-9-19(10-8-17)24-25-21(29)18-15-23-28(16-18)20-5-3-2-4-6-20/h2-10,15-16,24H,11-14H2,1H3,(H,25,29). The van der Waals surface area contributed by atoms with Gasteiger partial charge in [-0.05, 0) is 43.4 Å². The molecule has 0 aliphatic carbocycles. The molecule has 1 aliphatic heterocycles. The second-order valence-electron chi connectivity index (χ2n) is 7.26.